The van der Waals surface area contributed by atoms with Gasteiger partial charge in [0, 0.05) is 18.3 Å². The maximum Gasteiger partial charge on any atom is 0.244 e. The molecule has 3 fully saturated rings. The van der Waals surface area contributed by atoms with E-state index < -0.39 is 28.7 Å². The number of aliphatic hydroxyl groups excluding tert-OH is 1. The second-order valence-corrected chi connectivity index (χ2v) is 11.2. The summed E-state index contributed by atoms with van der Waals surface area (Å²) in [5.41, 5.74) is 0.997. The van der Waals surface area contributed by atoms with E-state index >= 15 is 0 Å². The van der Waals surface area contributed by atoms with Crippen molar-refractivity contribution < 1.29 is 19.5 Å². The van der Waals surface area contributed by atoms with Crippen molar-refractivity contribution in [3.05, 3.63) is 35.9 Å². The molecule has 2 bridgehead atoms. The number of rotatable bonds is 9. The lowest BCUT2D eigenvalue weighted by Gasteiger charge is -2.37. The van der Waals surface area contributed by atoms with Crippen LogP contribution in [0.4, 0.5) is 0 Å². The fourth-order valence-corrected chi connectivity index (χ4v) is 8.42. The van der Waals surface area contributed by atoms with Crippen LogP contribution >= 0.6 is 11.8 Å². The molecule has 3 N–H and O–H groups in total. The number of benzene rings is 1. The minimum atomic E-state index is -0.695. The Morgan fingerprint density at radius 2 is 2.00 bits per heavy atom. The van der Waals surface area contributed by atoms with Gasteiger partial charge in [0.1, 0.15) is 6.04 Å². The molecule has 3 unspecified atom stereocenters. The van der Waals surface area contributed by atoms with Gasteiger partial charge in [-0.15, -0.1) is 11.8 Å². The molecule has 33 heavy (non-hydrogen) atoms. The van der Waals surface area contributed by atoms with Crippen LogP contribution in [0.2, 0.25) is 0 Å². The highest BCUT2D eigenvalue weighted by Gasteiger charge is 2.74. The Morgan fingerprint density at radius 1 is 1.27 bits per heavy atom. The number of carbonyl (C=O) groups excluding carboxylic acids is 3. The van der Waals surface area contributed by atoms with Gasteiger partial charge in [-0.25, -0.2) is 0 Å². The fraction of sp³-hybridized carbons (Fsp3) is 0.640. The Morgan fingerprint density at radius 3 is 2.64 bits per heavy atom. The summed E-state index contributed by atoms with van der Waals surface area (Å²) in [5, 5.41) is 16.3. The average molecular weight is 474 g/mol. The Bertz CT molecular complexity index is 897. The standard InChI is InChI=1S/C25H35N3O4S/c1-4-8-15(2)27-23(31)21-25-12-11-18(33-25)19(22(30)26-3)20(25)24(32)28(21)17(14-29)13-16-9-6-5-7-10-16/h5-7,9-10,15,17-21,29H,4,8,11-14H2,1-3H3,(H,26,30)(H,27,31)/t15?,17-,18+,19-,20+,21?,25?/m1/s1. The number of amides is 3. The molecule has 0 radical (unpaired) electrons. The molecular weight excluding hydrogens is 438 g/mol. The Hall–Kier alpha value is -2.06. The van der Waals surface area contributed by atoms with Gasteiger partial charge in [-0.2, -0.15) is 0 Å². The second kappa shape index (κ2) is 9.66. The first-order chi connectivity index (χ1) is 15.9. The van der Waals surface area contributed by atoms with Crippen LogP contribution in [0, 0.1) is 11.8 Å². The molecular formula is C25H35N3O4S. The van der Waals surface area contributed by atoms with E-state index in [9.17, 15) is 19.5 Å². The lowest BCUT2D eigenvalue weighted by atomic mass is 9.70. The number of carbonyl (C=O) groups is 3. The van der Waals surface area contributed by atoms with E-state index in [4.69, 9.17) is 0 Å². The number of hydrogen-bond acceptors (Lipinski definition) is 5. The lowest BCUT2D eigenvalue weighted by molar-refractivity contribution is -0.142. The minimum absolute atomic E-state index is 0.00468. The number of aliphatic hydroxyl groups is 1. The predicted molar refractivity (Wildman–Crippen MR) is 129 cm³/mol. The summed E-state index contributed by atoms with van der Waals surface area (Å²) in [6.45, 7) is 3.82. The van der Waals surface area contributed by atoms with Crippen molar-refractivity contribution in [2.75, 3.05) is 13.7 Å². The molecule has 1 aromatic rings. The topological polar surface area (TPSA) is 98.7 Å². The van der Waals surface area contributed by atoms with Crippen molar-refractivity contribution in [3.63, 3.8) is 0 Å². The van der Waals surface area contributed by atoms with Crippen molar-refractivity contribution >= 4 is 29.5 Å². The molecule has 180 valence electrons. The van der Waals surface area contributed by atoms with Crippen molar-refractivity contribution in [2.24, 2.45) is 11.8 Å². The van der Waals surface area contributed by atoms with Gasteiger partial charge in [0.15, 0.2) is 0 Å². The molecule has 3 aliphatic heterocycles. The number of likely N-dealkylation sites (tertiary alicyclic amines) is 1. The Labute approximate surface area is 200 Å². The first-order valence-electron chi connectivity index (χ1n) is 12.0. The molecule has 3 saturated heterocycles. The van der Waals surface area contributed by atoms with Crippen LogP contribution in [0.3, 0.4) is 0 Å². The molecule has 1 spiro atoms. The lowest BCUT2D eigenvalue weighted by Crippen LogP contribution is -2.58. The number of thioether (sulfide) groups is 1. The van der Waals surface area contributed by atoms with Crippen LogP contribution in [-0.4, -0.2) is 69.5 Å². The molecule has 1 aromatic carbocycles. The van der Waals surface area contributed by atoms with Crippen LogP contribution in [0.25, 0.3) is 0 Å². The summed E-state index contributed by atoms with van der Waals surface area (Å²) in [4.78, 5) is 42.1. The highest BCUT2D eigenvalue weighted by atomic mass is 32.2. The Kier molecular flexibility index (Phi) is 7.05. The third-order valence-electron chi connectivity index (χ3n) is 7.56. The van der Waals surface area contributed by atoms with E-state index in [1.54, 1.807) is 23.7 Å². The summed E-state index contributed by atoms with van der Waals surface area (Å²) in [6, 6.07) is 8.49. The van der Waals surface area contributed by atoms with Crippen LogP contribution < -0.4 is 10.6 Å². The van der Waals surface area contributed by atoms with Gasteiger partial charge in [0.25, 0.3) is 0 Å². The minimum Gasteiger partial charge on any atom is -0.394 e. The molecule has 3 amide bonds. The number of hydrogen-bond donors (Lipinski definition) is 3. The zero-order valence-corrected chi connectivity index (χ0v) is 20.4. The number of nitrogens with zero attached hydrogens (tertiary/aromatic N) is 1. The van der Waals surface area contributed by atoms with Gasteiger partial charge < -0.3 is 20.6 Å². The van der Waals surface area contributed by atoms with Crippen LogP contribution in [-0.2, 0) is 20.8 Å². The highest BCUT2D eigenvalue weighted by molar-refractivity contribution is 8.02. The molecule has 0 aromatic heterocycles. The SMILES string of the molecule is CCCC(C)NC(=O)C1N([C@@H](CO)Cc2ccccc2)C(=O)[C@@H]2[C@H](C(=O)NC)[C@@H]3CCC12S3. The first-order valence-corrected chi connectivity index (χ1v) is 12.9. The smallest absolute Gasteiger partial charge is 0.244 e. The van der Waals surface area contributed by atoms with Gasteiger partial charge in [0.05, 0.1) is 29.2 Å². The first kappa shape index (κ1) is 24.1. The van der Waals surface area contributed by atoms with E-state index in [1.165, 1.54) is 0 Å². The summed E-state index contributed by atoms with van der Waals surface area (Å²) in [6.07, 6.45) is 3.81. The van der Waals surface area contributed by atoms with Crippen molar-refractivity contribution in [1.82, 2.24) is 15.5 Å². The zero-order chi connectivity index (χ0) is 23.8. The monoisotopic (exact) mass is 473 g/mol. The molecule has 0 saturated carbocycles. The normalized spacial score (nSPS) is 31.9. The maximum atomic E-state index is 14.0. The van der Waals surface area contributed by atoms with Gasteiger partial charge in [-0.3, -0.25) is 14.4 Å². The van der Waals surface area contributed by atoms with E-state index in [0.717, 1.165) is 31.2 Å². The van der Waals surface area contributed by atoms with E-state index in [-0.39, 0.29) is 35.6 Å². The molecule has 3 aliphatic rings. The summed E-state index contributed by atoms with van der Waals surface area (Å²) in [7, 11) is 1.60. The fourth-order valence-electron chi connectivity index (χ4n) is 6.21. The third kappa shape index (κ3) is 4.05. The average Bonchev–Trinajstić information content (AvgIpc) is 3.45. The van der Waals surface area contributed by atoms with Crippen molar-refractivity contribution in [1.29, 1.82) is 0 Å². The largest absolute Gasteiger partial charge is 0.394 e. The summed E-state index contributed by atoms with van der Waals surface area (Å²) in [5.74, 6) is -1.44. The van der Waals surface area contributed by atoms with Crippen LogP contribution in [0.1, 0.15) is 45.1 Å². The second-order valence-electron chi connectivity index (χ2n) is 9.64. The quantitative estimate of drug-likeness (QED) is 0.507. The van der Waals surface area contributed by atoms with E-state index in [1.807, 2.05) is 37.3 Å². The summed E-state index contributed by atoms with van der Waals surface area (Å²) >= 11 is 1.65. The van der Waals surface area contributed by atoms with Crippen LogP contribution in [0.15, 0.2) is 30.3 Å². The molecule has 7 atom stereocenters. The summed E-state index contributed by atoms with van der Waals surface area (Å²) < 4.78 is -0.626. The van der Waals surface area contributed by atoms with E-state index in [0.29, 0.717) is 6.42 Å². The van der Waals surface area contributed by atoms with Crippen molar-refractivity contribution in [3.8, 4) is 0 Å². The molecule has 0 aliphatic carbocycles. The van der Waals surface area contributed by atoms with Gasteiger partial charge >= 0.3 is 0 Å². The molecule has 8 heteroatoms. The zero-order valence-electron chi connectivity index (χ0n) is 19.6. The van der Waals surface area contributed by atoms with E-state index in [2.05, 4.69) is 17.6 Å². The third-order valence-corrected chi connectivity index (χ3v) is 9.52. The van der Waals surface area contributed by atoms with Crippen LogP contribution in [0.5, 0.6) is 0 Å². The predicted octanol–water partition coefficient (Wildman–Crippen LogP) is 1.73. The van der Waals surface area contributed by atoms with Gasteiger partial charge in [-0.05, 0) is 38.2 Å². The maximum absolute atomic E-state index is 14.0. The van der Waals surface area contributed by atoms with Gasteiger partial charge in [0.2, 0.25) is 17.7 Å². The van der Waals surface area contributed by atoms with Crippen molar-refractivity contribution in [2.45, 2.75) is 74.1 Å². The molecule has 7 nitrogen and oxygen atoms in total. The Balaban J connectivity index is 1.72. The highest BCUT2D eigenvalue weighted by Crippen LogP contribution is 2.66. The molecule has 4 rings (SSSR count). The molecule has 3 heterocycles. The number of nitrogens with one attached hydrogen (secondary N) is 2. The van der Waals surface area contributed by atoms with Gasteiger partial charge in [-0.1, -0.05) is 43.7 Å². The number of fused-ring (bicyclic) bond motifs is 1.